The average molecular weight is 380 g/mol. The van der Waals surface area contributed by atoms with Gasteiger partial charge >= 0.3 is 5.97 Å². The molecule has 1 fully saturated rings. The van der Waals surface area contributed by atoms with Gasteiger partial charge in [0, 0.05) is 17.8 Å². The van der Waals surface area contributed by atoms with E-state index >= 15 is 0 Å². The van der Waals surface area contributed by atoms with E-state index in [0.29, 0.717) is 0 Å². The van der Waals surface area contributed by atoms with Crippen molar-refractivity contribution in [1.29, 1.82) is 0 Å². The van der Waals surface area contributed by atoms with Crippen molar-refractivity contribution in [3.05, 3.63) is 44.6 Å². The van der Waals surface area contributed by atoms with E-state index in [-0.39, 0.29) is 21.6 Å². The summed E-state index contributed by atoms with van der Waals surface area (Å²) in [5, 5.41) is 10.7. The number of hydrogen-bond acceptors (Lipinski definition) is 5. The van der Waals surface area contributed by atoms with Crippen LogP contribution in [0.3, 0.4) is 0 Å². The predicted octanol–water partition coefficient (Wildman–Crippen LogP) is 3.13. The largest absolute Gasteiger partial charge is 0.467 e. The summed E-state index contributed by atoms with van der Waals surface area (Å²) in [5.74, 6) is -1.43. The average Bonchev–Trinajstić information content (AvgIpc) is 2.78. The second-order valence-corrected chi connectivity index (χ2v) is 6.18. The number of carbonyl (C=O) groups excluding carboxylic acids is 2. The molecule has 23 heavy (non-hydrogen) atoms. The van der Waals surface area contributed by atoms with Crippen LogP contribution >= 0.6 is 34.8 Å². The zero-order valence-electron chi connectivity index (χ0n) is 11.6. The number of ether oxygens (including phenoxy) is 1. The van der Waals surface area contributed by atoms with E-state index in [0.717, 1.165) is 12.0 Å². The van der Waals surface area contributed by atoms with Gasteiger partial charge in [0.25, 0.3) is 5.69 Å². The van der Waals surface area contributed by atoms with Gasteiger partial charge in [-0.05, 0) is 12.1 Å². The number of methoxy groups -OCH3 is 1. The summed E-state index contributed by atoms with van der Waals surface area (Å²) in [5.41, 5.74) is -0.0676. The smallest absolute Gasteiger partial charge is 0.333 e. The number of nitro benzene ring substituents is 1. The van der Waals surface area contributed by atoms with Crippen LogP contribution in [-0.4, -0.2) is 28.8 Å². The highest BCUT2D eigenvalue weighted by atomic mass is 35.5. The molecule has 1 aliphatic rings. The van der Waals surface area contributed by atoms with E-state index in [1.165, 1.54) is 24.3 Å². The lowest BCUT2D eigenvalue weighted by atomic mass is 10.1. The summed E-state index contributed by atoms with van der Waals surface area (Å²) < 4.78 is 4.23. The molecule has 7 nitrogen and oxygen atoms in total. The molecule has 1 heterocycles. The molecule has 1 aromatic carbocycles. The molecule has 1 unspecified atom stereocenters. The summed E-state index contributed by atoms with van der Waals surface area (Å²) in [6.07, 6.45) is -0.406. The molecule has 0 N–H and O–H groups in total. The number of carbonyl (C=O) groups is 2. The minimum absolute atomic E-state index is 0.145. The number of hydrogen-bond donors (Lipinski definition) is 0. The number of benzene rings is 1. The molecule has 0 saturated carbocycles. The van der Waals surface area contributed by atoms with Crippen molar-refractivity contribution >= 4 is 58.1 Å². The summed E-state index contributed by atoms with van der Waals surface area (Å²) in [4.78, 5) is 33.5. The van der Waals surface area contributed by atoms with Gasteiger partial charge in [-0.25, -0.2) is 4.79 Å². The van der Waals surface area contributed by atoms with Crippen LogP contribution in [0.5, 0.6) is 0 Å². The fraction of sp³-hybridized carbons (Fsp3) is 0.231. The van der Waals surface area contributed by atoms with Gasteiger partial charge in [0.15, 0.2) is 4.87 Å². The van der Waals surface area contributed by atoms with Crippen LogP contribution in [0.1, 0.15) is 6.42 Å². The van der Waals surface area contributed by atoms with Crippen LogP contribution in [0.2, 0.25) is 0 Å². The van der Waals surface area contributed by atoms with Gasteiger partial charge in [-0.3, -0.25) is 19.8 Å². The number of anilines is 1. The topological polar surface area (TPSA) is 89.8 Å². The third-order valence-electron chi connectivity index (χ3n) is 3.25. The Bertz CT molecular complexity index is 715. The summed E-state index contributed by atoms with van der Waals surface area (Å²) in [6.45, 7) is 0. The lowest BCUT2D eigenvalue weighted by Crippen LogP contribution is -2.35. The first-order valence-electron chi connectivity index (χ1n) is 6.13. The number of rotatable bonds is 3. The van der Waals surface area contributed by atoms with Crippen molar-refractivity contribution in [2.24, 2.45) is 0 Å². The van der Waals surface area contributed by atoms with Crippen LogP contribution in [0.4, 0.5) is 11.4 Å². The van der Waals surface area contributed by atoms with Gasteiger partial charge in [0.1, 0.15) is 4.49 Å². The Morgan fingerprint density at radius 3 is 2.35 bits per heavy atom. The van der Waals surface area contributed by atoms with Crippen LogP contribution < -0.4 is 4.90 Å². The van der Waals surface area contributed by atoms with Crippen molar-refractivity contribution in [2.45, 2.75) is 11.3 Å². The van der Waals surface area contributed by atoms with Crippen molar-refractivity contribution in [2.75, 3.05) is 12.0 Å². The quantitative estimate of drug-likeness (QED) is 0.348. The molecular weight excluding hydrogens is 371 g/mol. The molecule has 1 aliphatic heterocycles. The van der Waals surface area contributed by atoms with Crippen LogP contribution in [0.15, 0.2) is 34.5 Å². The Labute approximate surface area is 145 Å². The fourth-order valence-electron chi connectivity index (χ4n) is 2.23. The van der Waals surface area contributed by atoms with Crippen LogP contribution in [0.25, 0.3) is 0 Å². The van der Waals surface area contributed by atoms with Crippen molar-refractivity contribution < 1.29 is 19.2 Å². The molecule has 0 aromatic heterocycles. The number of nitrogens with zero attached hydrogens (tertiary/aromatic N) is 2. The normalized spacial score (nSPS) is 20.6. The zero-order valence-corrected chi connectivity index (χ0v) is 13.9. The first-order chi connectivity index (χ1) is 10.7. The van der Waals surface area contributed by atoms with Gasteiger partial charge in [0.05, 0.1) is 24.2 Å². The van der Waals surface area contributed by atoms with Crippen molar-refractivity contribution in [3.63, 3.8) is 0 Å². The number of non-ortho nitro benzene ring substituents is 1. The van der Waals surface area contributed by atoms with E-state index in [1.807, 2.05) is 0 Å². The number of alkyl halides is 1. The molecule has 0 aliphatic carbocycles. The SMILES string of the molecule is COC(=O)C1(Cl)CC(=O)N(c2ccc([N+](=O)[O-])cc2)C1=C(Cl)Cl. The van der Waals surface area contributed by atoms with Gasteiger partial charge < -0.3 is 4.74 Å². The molecule has 1 atom stereocenters. The second kappa shape index (κ2) is 6.35. The van der Waals surface area contributed by atoms with Gasteiger partial charge in [0.2, 0.25) is 5.91 Å². The van der Waals surface area contributed by atoms with E-state index in [2.05, 4.69) is 4.74 Å². The van der Waals surface area contributed by atoms with E-state index in [1.54, 1.807) is 0 Å². The van der Waals surface area contributed by atoms with E-state index < -0.39 is 28.1 Å². The Morgan fingerprint density at radius 1 is 1.35 bits per heavy atom. The summed E-state index contributed by atoms with van der Waals surface area (Å²) in [7, 11) is 1.12. The summed E-state index contributed by atoms with van der Waals surface area (Å²) in [6, 6.07) is 5.06. The van der Waals surface area contributed by atoms with Crippen molar-refractivity contribution in [3.8, 4) is 0 Å². The predicted molar refractivity (Wildman–Crippen MR) is 84.5 cm³/mol. The molecular formula is C13H9Cl3N2O5. The monoisotopic (exact) mass is 378 g/mol. The number of amides is 1. The fourth-order valence-corrected chi connectivity index (χ4v) is 3.19. The molecule has 0 spiro atoms. The summed E-state index contributed by atoms with van der Waals surface area (Å²) >= 11 is 17.9. The lowest BCUT2D eigenvalue weighted by Gasteiger charge is -2.24. The Morgan fingerprint density at radius 2 is 1.91 bits per heavy atom. The number of esters is 1. The van der Waals surface area contributed by atoms with Crippen LogP contribution in [-0.2, 0) is 14.3 Å². The molecule has 122 valence electrons. The highest BCUT2D eigenvalue weighted by Gasteiger charge is 2.55. The maximum Gasteiger partial charge on any atom is 0.333 e. The lowest BCUT2D eigenvalue weighted by molar-refractivity contribution is -0.384. The third-order valence-corrected chi connectivity index (χ3v) is 4.07. The maximum atomic E-state index is 12.3. The Kier molecular flexibility index (Phi) is 4.84. The first kappa shape index (κ1) is 17.5. The highest BCUT2D eigenvalue weighted by molar-refractivity contribution is 6.58. The Balaban J connectivity index is 2.53. The minimum Gasteiger partial charge on any atom is -0.467 e. The zero-order chi connectivity index (χ0) is 17.4. The van der Waals surface area contributed by atoms with Crippen LogP contribution in [0, 0.1) is 10.1 Å². The maximum absolute atomic E-state index is 12.3. The number of halogens is 3. The van der Waals surface area contributed by atoms with E-state index in [9.17, 15) is 19.7 Å². The molecule has 1 amide bonds. The number of nitro groups is 1. The van der Waals surface area contributed by atoms with Gasteiger partial charge in [-0.1, -0.05) is 34.8 Å². The molecule has 2 rings (SSSR count). The molecule has 1 saturated heterocycles. The minimum atomic E-state index is -1.85. The Hall–Kier alpha value is -1.83. The van der Waals surface area contributed by atoms with E-state index in [4.69, 9.17) is 34.8 Å². The first-order valence-corrected chi connectivity index (χ1v) is 7.26. The third kappa shape index (κ3) is 2.99. The molecule has 1 aromatic rings. The standard InChI is InChI=1S/C13H9Cl3N2O5/c1-23-12(20)13(16)6-9(19)17(10(13)11(14)15)7-2-4-8(5-3-7)18(21)22/h2-5H,6H2,1H3. The highest BCUT2D eigenvalue weighted by Crippen LogP contribution is 2.45. The molecule has 0 radical (unpaired) electrons. The second-order valence-electron chi connectivity index (χ2n) is 4.58. The molecule has 10 heteroatoms. The molecule has 0 bridgehead atoms. The van der Waals surface area contributed by atoms with Gasteiger partial charge in [-0.2, -0.15) is 0 Å². The van der Waals surface area contributed by atoms with Crippen molar-refractivity contribution in [1.82, 2.24) is 0 Å². The van der Waals surface area contributed by atoms with Gasteiger partial charge in [-0.15, -0.1) is 0 Å².